The van der Waals surface area contributed by atoms with E-state index in [0.29, 0.717) is 31.6 Å². The zero-order valence-electron chi connectivity index (χ0n) is 13.0. The lowest BCUT2D eigenvalue weighted by atomic mass is 10.0. The molecule has 0 spiro atoms. The Bertz CT molecular complexity index is 591. The zero-order chi connectivity index (χ0) is 16.8. The molecule has 5 nitrogen and oxygen atoms in total. The highest BCUT2D eigenvalue weighted by Gasteiger charge is 2.26. The molecule has 1 heterocycles. The van der Waals surface area contributed by atoms with Gasteiger partial charge in [-0.25, -0.2) is 4.39 Å². The molecule has 1 N–H and O–H groups in total. The molecule has 0 unspecified atom stereocenters. The van der Waals surface area contributed by atoms with Gasteiger partial charge in [0.05, 0.1) is 0 Å². The SMILES string of the molecule is CC(=CC(=O)N(CC(=O)O)C1CCOCC1)c1ccc(F)cc1. The van der Waals surface area contributed by atoms with Crippen molar-refractivity contribution in [2.45, 2.75) is 25.8 Å². The number of carboxylic acids is 1. The number of halogens is 1. The molecule has 1 saturated heterocycles. The van der Waals surface area contributed by atoms with E-state index in [1.165, 1.54) is 23.1 Å². The number of carbonyl (C=O) groups excluding carboxylic acids is 1. The fourth-order valence-electron chi connectivity index (χ4n) is 2.59. The lowest BCUT2D eigenvalue weighted by molar-refractivity contribution is -0.145. The van der Waals surface area contributed by atoms with Crippen LogP contribution < -0.4 is 0 Å². The number of allylic oxidation sites excluding steroid dienone is 1. The second kappa shape index (κ2) is 7.87. The third-order valence-corrected chi connectivity index (χ3v) is 3.86. The Morgan fingerprint density at radius 3 is 2.48 bits per heavy atom. The van der Waals surface area contributed by atoms with Gasteiger partial charge in [0, 0.05) is 25.3 Å². The van der Waals surface area contributed by atoms with Crippen LogP contribution in [-0.4, -0.2) is 47.7 Å². The van der Waals surface area contributed by atoms with Crippen molar-refractivity contribution in [1.29, 1.82) is 0 Å². The first-order valence-electron chi connectivity index (χ1n) is 7.51. The van der Waals surface area contributed by atoms with E-state index >= 15 is 0 Å². The number of rotatable bonds is 5. The number of carboxylic acid groups (broad SMARTS) is 1. The molecule has 0 radical (unpaired) electrons. The largest absolute Gasteiger partial charge is 0.480 e. The molecule has 1 fully saturated rings. The third-order valence-electron chi connectivity index (χ3n) is 3.86. The van der Waals surface area contributed by atoms with Crippen LogP contribution in [-0.2, 0) is 14.3 Å². The van der Waals surface area contributed by atoms with Crippen LogP contribution in [0.25, 0.3) is 5.57 Å². The second-order valence-corrected chi connectivity index (χ2v) is 5.54. The van der Waals surface area contributed by atoms with Crippen LogP contribution in [0, 0.1) is 5.82 Å². The number of nitrogens with zero attached hydrogens (tertiary/aromatic N) is 1. The molecule has 2 rings (SSSR count). The van der Waals surface area contributed by atoms with E-state index in [-0.39, 0.29) is 24.3 Å². The van der Waals surface area contributed by atoms with Crippen molar-refractivity contribution in [2.75, 3.05) is 19.8 Å². The van der Waals surface area contributed by atoms with Crippen molar-refractivity contribution in [3.05, 3.63) is 41.7 Å². The zero-order valence-corrected chi connectivity index (χ0v) is 13.0. The fourth-order valence-corrected chi connectivity index (χ4v) is 2.59. The first-order chi connectivity index (χ1) is 11.0. The highest BCUT2D eigenvalue weighted by atomic mass is 19.1. The minimum atomic E-state index is -1.04. The molecule has 23 heavy (non-hydrogen) atoms. The van der Waals surface area contributed by atoms with Gasteiger partial charge in [0.2, 0.25) is 5.91 Å². The first kappa shape index (κ1) is 17.1. The van der Waals surface area contributed by atoms with Crippen molar-refractivity contribution < 1.29 is 23.8 Å². The normalized spacial score (nSPS) is 16.2. The van der Waals surface area contributed by atoms with Gasteiger partial charge in [-0.05, 0) is 43.0 Å². The third kappa shape index (κ3) is 4.89. The molecule has 0 aliphatic carbocycles. The summed E-state index contributed by atoms with van der Waals surface area (Å²) in [6, 6.07) is 5.69. The maximum Gasteiger partial charge on any atom is 0.323 e. The highest BCUT2D eigenvalue weighted by Crippen LogP contribution is 2.18. The molecule has 6 heteroatoms. The van der Waals surface area contributed by atoms with E-state index in [0.717, 1.165) is 5.56 Å². The van der Waals surface area contributed by atoms with Crippen molar-refractivity contribution in [2.24, 2.45) is 0 Å². The van der Waals surface area contributed by atoms with Gasteiger partial charge >= 0.3 is 5.97 Å². The van der Waals surface area contributed by atoms with Crippen molar-refractivity contribution >= 4 is 17.4 Å². The predicted molar refractivity (Wildman–Crippen MR) is 83.2 cm³/mol. The van der Waals surface area contributed by atoms with Crippen molar-refractivity contribution in [3.8, 4) is 0 Å². The highest BCUT2D eigenvalue weighted by molar-refractivity contribution is 5.96. The maximum atomic E-state index is 13.0. The van der Waals surface area contributed by atoms with Gasteiger partial charge in [0.1, 0.15) is 12.4 Å². The van der Waals surface area contributed by atoms with Gasteiger partial charge in [-0.1, -0.05) is 12.1 Å². The first-order valence-corrected chi connectivity index (χ1v) is 7.51. The Morgan fingerprint density at radius 2 is 1.91 bits per heavy atom. The van der Waals surface area contributed by atoms with Crippen LogP contribution in [0.3, 0.4) is 0 Å². The molecule has 1 aliphatic heterocycles. The van der Waals surface area contributed by atoms with Gasteiger partial charge in [-0.3, -0.25) is 9.59 Å². The summed E-state index contributed by atoms with van der Waals surface area (Å²) in [7, 11) is 0. The van der Waals surface area contributed by atoms with Crippen LogP contribution >= 0.6 is 0 Å². The number of benzene rings is 1. The molecule has 0 saturated carbocycles. The molecule has 0 atom stereocenters. The average molecular weight is 321 g/mol. The standard InChI is InChI=1S/C17H20FNO4/c1-12(13-2-4-14(18)5-3-13)10-16(20)19(11-17(21)22)15-6-8-23-9-7-15/h2-5,10,15H,6-9,11H2,1H3,(H,21,22). The molecule has 0 bridgehead atoms. The molecule has 1 aliphatic rings. The second-order valence-electron chi connectivity index (χ2n) is 5.54. The summed E-state index contributed by atoms with van der Waals surface area (Å²) in [5, 5.41) is 9.06. The van der Waals surface area contributed by atoms with E-state index in [1.54, 1.807) is 19.1 Å². The number of ether oxygens (including phenoxy) is 1. The van der Waals surface area contributed by atoms with Crippen LogP contribution in [0.5, 0.6) is 0 Å². The van der Waals surface area contributed by atoms with E-state index in [4.69, 9.17) is 9.84 Å². The predicted octanol–water partition coefficient (Wildman–Crippen LogP) is 2.32. The Labute approximate surface area is 134 Å². The molecule has 1 aromatic rings. The average Bonchev–Trinajstić information content (AvgIpc) is 2.53. The van der Waals surface area contributed by atoms with Crippen LogP contribution in [0.2, 0.25) is 0 Å². The number of hydrogen-bond donors (Lipinski definition) is 1. The topological polar surface area (TPSA) is 66.8 Å². The number of carbonyl (C=O) groups is 2. The summed E-state index contributed by atoms with van der Waals surface area (Å²) in [5.41, 5.74) is 1.39. The quantitative estimate of drug-likeness (QED) is 0.845. The lowest BCUT2D eigenvalue weighted by Gasteiger charge is -2.32. The van der Waals surface area contributed by atoms with Gasteiger partial charge in [-0.15, -0.1) is 0 Å². The van der Waals surface area contributed by atoms with Gasteiger partial charge < -0.3 is 14.7 Å². The molecular formula is C17H20FNO4. The maximum absolute atomic E-state index is 13.0. The monoisotopic (exact) mass is 321 g/mol. The van der Waals surface area contributed by atoms with E-state index < -0.39 is 5.97 Å². The molecule has 1 amide bonds. The molecule has 0 aromatic heterocycles. The summed E-state index contributed by atoms with van der Waals surface area (Å²) in [6.45, 7) is 2.45. The Morgan fingerprint density at radius 1 is 1.30 bits per heavy atom. The van der Waals surface area contributed by atoms with Crippen molar-refractivity contribution in [3.63, 3.8) is 0 Å². The Kier molecular flexibility index (Phi) is 5.87. The summed E-state index contributed by atoms with van der Waals surface area (Å²) < 4.78 is 18.2. The fraction of sp³-hybridized carbons (Fsp3) is 0.412. The van der Waals surface area contributed by atoms with Gasteiger partial charge in [0.25, 0.3) is 0 Å². The van der Waals surface area contributed by atoms with Gasteiger partial charge in [0.15, 0.2) is 0 Å². The minimum absolute atomic E-state index is 0.135. The Hall–Kier alpha value is -2.21. The summed E-state index contributed by atoms with van der Waals surface area (Å²) in [4.78, 5) is 24.9. The summed E-state index contributed by atoms with van der Waals surface area (Å²) in [5.74, 6) is -1.73. The number of amides is 1. The smallest absolute Gasteiger partial charge is 0.323 e. The number of aliphatic carboxylic acids is 1. The summed E-state index contributed by atoms with van der Waals surface area (Å²) in [6.07, 6.45) is 2.66. The molecule has 124 valence electrons. The van der Waals surface area contributed by atoms with Crippen LogP contribution in [0.15, 0.2) is 30.3 Å². The van der Waals surface area contributed by atoms with Crippen molar-refractivity contribution in [1.82, 2.24) is 4.90 Å². The Balaban J connectivity index is 2.16. The molecule has 1 aromatic carbocycles. The van der Waals surface area contributed by atoms with Gasteiger partial charge in [-0.2, -0.15) is 0 Å². The van der Waals surface area contributed by atoms with Crippen LogP contribution in [0.4, 0.5) is 4.39 Å². The van der Waals surface area contributed by atoms with Crippen LogP contribution in [0.1, 0.15) is 25.3 Å². The minimum Gasteiger partial charge on any atom is -0.480 e. The van der Waals surface area contributed by atoms with E-state index in [1.807, 2.05) is 0 Å². The summed E-state index contributed by atoms with van der Waals surface area (Å²) >= 11 is 0. The van der Waals surface area contributed by atoms with E-state index in [2.05, 4.69) is 0 Å². The molecular weight excluding hydrogens is 301 g/mol. The van der Waals surface area contributed by atoms with E-state index in [9.17, 15) is 14.0 Å². The number of hydrogen-bond acceptors (Lipinski definition) is 3. The lowest BCUT2D eigenvalue weighted by Crippen LogP contribution is -2.45.